The molecule has 0 atom stereocenters. The van der Waals surface area contributed by atoms with E-state index in [0.29, 0.717) is 4.90 Å². The first-order chi connectivity index (χ1) is 8.11. The zero-order valence-corrected chi connectivity index (χ0v) is 10.8. The third-order valence-corrected chi connectivity index (χ3v) is 3.63. The molecule has 1 aromatic heterocycles. The minimum absolute atomic E-state index is 0.0744. The Morgan fingerprint density at radius 1 is 1.24 bits per heavy atom. The number of aromatic nitrogens is 1. The van der Waals surface area contributed by atoms with Crippen LogP contribution in [0.4, 0.5) is 0 Å². The summed E-state index contributed by atoms with van der Waals surface area (Å²) in [5, 5.41) is 9.72. The van der Waals surface area contributed by atoms with E-state index >= 15 is 0 Å². The molecule has 0 bridgehead atoms. The Balaban J connectivity index is 2.50. The van der Waals surface area contributed by atoms with Gasteiger partial charge in [0.2, 0.25) is 0 Å². The molecule has 0 spiro atoms. The van der Waals surface area contributed by atoms with Gasteiger partial charge < -0.3 is 9.67 Å². The van der Waals surface area contributed by atoms with Crippen molar-refractivity contribution in [2.45, 2.75) is 4.90 Å². The Hall–Kier alpha value is -1.33. The highest BCUT2D eigenvalue weighted by atomic mass is 33.1. The van der Waals surface area contributed by atoms with Crippen molar-refractivity contribution < 1.29 is 5.11 Å². The molecule has 0 aliphatic heterocycles. The van der Waals surface area contributed by atoms with E-state index in [1.807, 2.05) is 12.1 Å². The SMILES string of the molecule is Cn1ccc(-c2ccc(SS)c(O)c2)cc1=O. The van der Waals surface area contributed by atoms with Crippen LogP contribution in [-0.2, 0) is 7.05 Å². The van der Waals surface area contributed by atoms with Crippen molar-refractivity contribution in [3.05, 3.63) is 46.9 Å². The number of phenolic OH excluding ortho intramolecular Hbond substituents is 1. The summed E-state index contributed by atoms with van der Waals surface area (Å²) >= 11 is 4.03. The van der Waals surface area contributed by atoms with Gasteiger partial charge in [-0.15, -0.1) is 11.7 Å². The minimum Gasteiger partial charge on any atom is -0.507 e. The summed E-state index contributed by atoms with van der Waals surface area (Å²) in [5.74, 6) is 0.170. The predicted octanol–water partition coefficient (Wildman–Crippen LogP) is 2.69. The van der Waals surface area contributed by atoms with Crippen LogP contribution < -0.4 is 5.56 Å². The summed E-state index contributed by atoms with van der Waals surface area (Å²) in [5.41, 5.74) is 1.53. The number of rotatable bonds is 2. The van der Waals surface area contributed by atoms with Crippen LogP contribution in [0, 0.1) is 0 Å². The van der Waals surface area contributed by atoms with Crippen LogP contribution in [0.5, 0.6) is 5.75 Å². The molecule has 2 rings (SSSR count). The molecule has 2 aromatic rings. The Morgan fingerprint density at radius 3 is 2.53 bits per heavy atom. The lowest BCUT2D eigenvalue weighted by Crippen LogP contribution is -2.13. The Labute approximate surface area is 108 Å². The largest absolute Gasteiger partial charge is 0.507 e. The lowest BCUT2D eigenvalue weighted by atomic mass is 10.1. The smallest absolute Gasteiger partial charge is 0.250 e. The summed E-state index contributed by atoms with van der Waals surface area (Å²) in [6.45, 7) is 0. The van der Waals surface area contributed by atoms with Gasteiger partial charge in [-0.25, -0.2) is 0 Å². The summed E-state index contributed by atoms with van der Waals surface area (Å²) in [6.07, 6.45) is 1.70. The van der Waals surface area contributed by atoms with Crippen molar-refractivity contribution in [2.75, 3.05) is 0 Å². The molecule has 17 heavy (non-hydrogen) atoms. The van der Waals surface area contributed by atoms with E-state index in [-0.39, 0.29) is 11.3 Å². The molecule has 0 unspecified atom stereocenters. The number of hydrogen-bond acceptors (Lipinski definition) is 4. The van der Waals surface area contributed by atoms with Crippen molar-refractivity contribution in [3.63, 3.8) is 0 Å². The maximum Gasteiger partial charge on any atom is 0.250 e. The molecule has 0 aliphatic rings. The molecular formula is C12H11NO2S2. The molecule has 0 fully saturated rings. The van der Waals surface area contributed by atoms with Gasteiger partial charge in [-0.3, -0.25) is 4.79 Å². The molecular weight excluding hydrogens is 254 g/mol. The van der Waals surface area contributed by atoms with E-state index in [9.17, 15) is 9.90 Å². The second-order valence-electron chi connectivity index (χ2n) is 3.64. The van der Waals surface area contributed by atoms with Crippen LogP contribution in [0.1, 0.15) is 0 Å². The van der Waals surface area contributed by atoms with Crippen LogP contribution in [-0.4, -0.2) is 9.67 Å². The third-order valence-electron chi connectivity index (χ3n) is 2.49. The fourth-order valence-corrected chi connectivity index (χ4v) is 2.25. The van der Waals surface area contributed by atoms with E-state index in [1.54, 1.807) is 31.4 Å². The molecule has 1 N–H and O–H groups in total. The van der Waals surface area contributed by atoms with Crippen LogP contribution >= 0.6 is 22.5 Å². The number of aryl methyl sites for hydroxylation is 1. The van der Waals surface area contributed by atoms with Crippen molar-refractivity contribution in [1.29, 1.82) is 0 Å². The lowest BCUT2D eigenvalue weighted by molar-refractivity contribution is 0.463. The fourth-order valence-electron chi connectivity index (χ4n) is 1.50. The Bertz CT molecular complexity index is 608. The third kappa shape index (κ3) is 2.50. The number of benzene rings is 1. The molecule has 0 saturated heterocycles. The second-order valence-corrected chi connectivity index (χ2v) is 4.81. The molecule has 5 heteroatoms. The van der Waals surface area contributed by atoms with Gasteiger partial charge in [0.25, 0.3) is 5.56 Å². The monoisotopic (exact) mass is 265 g/mol. The van der Waals surface area contributed by atoms with E-state index in [2.05, 4.69) is 11.7 Å². The van der Waals surface area contributed by atoms with E-state index in [4.69, 9.17) is 0 Å². The van der Waals surface area contributed by atoms with Crippen molar-refractivity contribution in [2.24, 2.45) is 7.05 Å². The standard InChI is InChI=1S/C12H11NO2S2/c1-13-5-4-9(7-12(13)15)8-2-3-11(17-16)10(14)6-8/h2-7,14,16H,1H3. The highest BCUT2D eigenvalue weighted by Crippen LogP contribution is 2.33. The average molecular weight is 265 g/mol. The molecule has 3 nitrogen and oxygen atoms in total. The van der Waals surface area contributed by atoms with E-state index < -0.39 is 0 Å². The number of nitrogens with zero attached hydrogens (tertiary/aromatic N) is 1. The van der Waals surface area contributed by atoms with Crippen LogP contribution in [0.15, 0.2) is 46.2 Å². The lowest BCUT2D eigenvalue weighted by Gasteiger charge is -2.05. The zero-order chi connectivity index (χ0) is 12.4. The average Bonchev–Trinajstić information content (AvgIpc) is 2.32. The topological polar surface area (TPSA) is 42.2 Å². The first-order valence-corrected chi connectivity index (χ1v) is 6.80. The minimum atomic E-state index is -0.0744. The summed E-state index contributed by atoms with van der Waals surface area (Å²) in [6, 6.07) is 8.64. The number of aromatic hydroxyl groups is 1. The quantitative estimate of drug-likeness (QED) is 0.648. The second kappa shape index (κ2) is 4.89. The van der Waals surface area contributed by atoms with Gasteiger partial charge >= 0.3 is 0 Å². The van der Waals surface area contributed by atoms with Gasteiger partial charge in [0.15, 0.2) is 0 Å². The van der Waals surface area contributed by atoms with Crippen LogP contribution in [0.25, 0.3) is 11.1 Å². The van der Waals surface area contributed by atoms with Gasteiger partial charge in [0.1, 0.15) is 5.75 Å². The maximum absolute atomic E-state index is 11.5. The molecule has 1 aromatic carbocycles. The van der Waals surface area contributed by atoms with Gasteiger partial charge in [-0.1, -0.05) is 16.9 Å². The van der Waals surface area contributed by atoms with Gasteiger partial charge in [-0.2, -0.15) is 0 Å². The first kappa shape index (κ1) is 12.1. The van der Waals surface area contributed by atoms with Crippen molar-refractivity contribution >= 4 is 22.5 Å². The van der Waals surface area contributed by atoms with E-state index in [1.165, 1.54) is 15.4 Å². The highest BCUT2D eigenvalue weighted by Gasteiger charge is 2.04. The highest BCUT2D eigenvalue weighted by molar-refractivity contribution is 8.68. The first-order valence-electron chi connectivity index (χ1n) is 4.93. The van der Waals surface area contributed by atoms with E-state index in [0.717, 1.165) is 11.1 Å². The molecule has 88 valence electrons. The molecule has 0 amide bonds. The van der Waals surface area contributed by atoms with Gasteiger partial charge in [-0.05, 0) is 29.3 Å². The number of thiol groups is 1. The number of phenols is 1. The molecule has 1 heterocycles. The Kier molecular flexibility index (Phi) is 3.49. The molecule has 0 radical (unpaired) electrons. The predicted molar refractivity (Wildman–Crippen MR) is 73.6 cm³/mol. The van der Waals surface area contributed by atoms with Crippen molar-refractivity contribution in [3.8, 4) is 16.9 Å². The molecule has 0 aliphatic carbocycles. The summed E-state index contributed by atoms with van der Waals surface area (Å²) in [7, 11) is 2.88. The number of pyridine rings is 1. The zero-order valence-electron chi connectivity index (χ0n) is 9.12. The van der Waals surface area contributed by atoms with Gasteiger partial charge in [0.05, 0.1) is 4.90 Å². The van der Waals surface area contributed by atoms with Crippen LogP contribution in [0.2, 0.25) is 0 Å². The fraction of sp³-hybridized carbons (Fsp3) is 0.0833. The summed E-state index contributed by atoms with van der Waals surface area (Å²) < 4.78 is 1.50. The van der Waals surface area contributed by atoms with Gasteiger partial charge in [0, 0.05) is 19.3 Å². The van der Waals surface area contributed by atoms with Crippen molar-refractivity contribution in [1.82, 2.24) is 4.57 Å². The molecule has 0 saturated carbocycles. The normalized spacial score (nSPS) is 10.5. The maximum atomic E-state index is 11.5. The van der Waals surface area contributed by atoms with Crippen LogP contribution in [0.3, 0.4) is 0 Å². The number of hydrogen-bond donors (Lipinski definition) is 2. The Morgan fingerprint density at radius 2 is 1.94 bits per heavy atom. The summed E-state index contributed by atoms with van der Waals surface area (Å²) in [4.78, 5) is 12.2.